The molecule has 0 saturated carbocycles. The topological polar surface area (TPSA) is 64.9 Å². The molecule has 2 aliphatic rings. The average molecular weight is 617 g/mol. The van der Waals surface area contributed by atoms with E-state index in [1.807, 2.05) is 41.1 Å². The van der Waals surface area contributed by atoms with E-state index in [2.05, 4.69) is 51.2 Å². The number of hydrogen-bond acceptors (Lipinski definition) is 7. The molecule has 2 unspecified atom stereocenters. The molecule has 0 bridgehead atoms. The van der Waals surface area contributed by atoms with Crippen LogP contribution in [-0.2, 0) is 21.8 Å². The summed E-state index contributed by atoms with van der Waals surface area (Å²) in [5.41, 5.74) is 2.93. The molecule has 0 aliphatic carbocycles. The molecule has 2 atom stereocenters. The summed E-state index contributed by atoms with van der Waals surface area (Å²) in [6.07, 6.45) is 5.03. The molecule has 2 saturated heterocycles. The van der Waals surface area contributed by atoms with E-state index in [1.54, 1.807) is 24.7 Å². The van der Waals surface area contributed by atoms with Gasteiger partial charge in [0.25, 0.3) is 0 Å². The minimum absolute atomic E-state index is 0.285. The zero-order chi connectivity index (χ0) is 29.2. The maximum absolute atomic E-state index is 6.59. The Morgan fingerprint density at radius 2 is 1.72 bits per heavy atom. The van der Waals surface area contributed by atoms with Gasteiger partial charge < -0.3 is 28.6 Å². The first kappa shape index (κ1) is 28.0. The number of para-hydroxylation sites is 1. The van der Waals surface area contributed by atoms with Gasteiger partial charge in [0, 0.05) is 60.2 Å². The molecule has 0 amide bonds. The zero-order valence-electron chi connectivity index (χ0n) is 23.5. The molecular formula is C33H31Cl2N5O3. The third kappa shape index (κ3) is 6.01. The summed E-state index contributed by atoms with van der Waals surface area (Å²) in [6, 6.07) is 26.1. The predicted octanol–water partition coefficient (Wildman–Crippen LogP) is 6.41. The van der Waals surface area contributed by atoms with Crippen molar-refractivity contribution in [3.8, 4) is 5.75 Å². The lowest BCUT2D eigenvalue weighted by atomic mass is 10.1. The Balaban J connectivity index is 0.956. The van der Waals surface area contributed by atoms with Crippen LogP contribution in [0.25, 0.3) is 10.9 Å². The molecule has 43 heavy (non-hydrogen) atoms. The lowest BCUT2D eigenvalue weighted by Gasteiger charge is -2.36. The Hall–Kier alpha value is -3.82. The molecule has 0 N–H and O–H groups in total. The number of ether oxygens (including phenoxy) is 3. The lowest BCUT2D eigenvalue weighted by molar-refractivity contribution is -0.189. The number of rotatable bonds is 8. The van der Waals surface area contributed by atoms with Gasteiger partial charge in [0.15, 0.2) is 0 Å². The summed E-state index contributed by atoms with van der Waals surface area (Å²) in [4.78, 5) is 13.8. The van der Waals surface area contributed by atoms with Crippen LogP contribution in [0, 0.1) is 0 Å². The van der Waals surface area contributed by atoms with Gasteiger partial charge >= 0.3 is 0 Å². The fourth-order valence-electron chi connectivity index (χ4n) is 5.74. The number of benzene rings is 3. The maximum Gasteiger partial charge on any atom is 0.215 e. The van der Waals surface area contributed by atoms with Crippen molar-refractivity contribution in [3.63, 3.8) is 0 Å². The number of pyridine rings is 1. The van der Waals surface area contributed by atoms with E-state index in [1.165, 1.54) is 11.1 Å². The summed E-state index contributed by atoms with van der Waals surface area (Å²) in [5.74, 6) is 0.737. The molecule has 0 radical (unpaired) electrons. The van der Waals surface area contributed by atoms with Gasteiger partial charge in [-0.05, 0) is 54.6 Å². The maximum atomic E-state index is 6.59. The van der Waals surface area contributed by atoms with Crippen LogP contribution in [0.2, 0.25) is 10.0 Å². The molecule has 5 aromatic rings. The molecular weight excluding hydrogens is 585 g/mol. The molecule has 220 valence electrons. The Morgan fingerprint density at radius 3 is 2.51 bits per heavy atom. The number of imidazole rings is 1. The molecule has 2 aliphatic heterocycles. The summed E-state index contributed by atoms with van der Waals surface area (Å²) in [5, 5.41) is 2.20. The third-order valence-electron chi connectivity index (χ3n) is 7.98. The standard InChI is InChI=1S/C33H31Cl2N5O3/c34-25-6-11-29(30(35)19-25)33(22-38-14-13-36-23-38)42-21-28(43-33)20-41-27-9-7-26(8-10-27)39-15-17-40(18-16-39)32-12-5-24-3-1-2-4-31(24)37-32/h1-14,19,23,28H,15-18,20-22H2. The van der Waals surface area contributed by atoms with Crippen molar-refractivity contribution < 1.29 is 14.2 Å². The summed E-state index contributed by atoms with van der Waals surface area (Å²) in [6.45, 7) is 4.78. The molecule has 7 rings (SSSR count). The van der Waals surface area contributed by atoms with Gasteiger partial charge in [-0.25, -0.2) is 9.97 Å². The molecule has 4 heterocycles. The third-order valence-corrected chi connectivity index (χ3v) is 8.52. The highest BCUT2D eigenvalue weighted by molar-refractivity contribution is 6.35. The van der Waals surface area contributed by atoms with Crippen LogP contribution in [0.15, 0.2) is 97.6 Å². The van der Waals surface area contributed by atoms with Crippen molar-refractivity contribution in [2.45, 2.75) is 18.4 Å². The molecule has 0 spiro atoms. The minimum atomic E-state index is -1.08. The number of aromatic nitrogens is 3. The van der Waals surface area contributed by atoms with Crippen LogP contribution in [-0.4, -0.2) is 60.0 Å². The molecule has 10 heteroatoms. The Morgan fingerprint density at radius 1 is 0.907 bits per heavy atom. The first-order valence-electron chi connectivity index (χ1n) is 14.4. The molecule has 2 fully saturated rings. The predicted molar refractivity (Wildman–Crippen MR) is 169 cm³/mol. The van der Waals surface area contributed by atoms with Crippen molar-refractivity contribution in [1.82, 2.24) is 14.5 Å². The van der Waals surface area contributed by atoms with Crippen molar-refractivity contribution in [2.24, 2.45) is 0 Å². The first-order valence-corrected chi connectivity index (χ1v) is 15.1. The van der Waals surface area contributed by atoms with E-state index in [4.69, 9.17) is 42.4 Å². The van der Waals surface area contributed by atoms with E-state index < -0.39 is 5.79 Å². The smallest absolute Gasteiger partial charge is 0.215 e. The Kier molecular flexibility index (Phi) is 7.84. The summed E-state index contributed by atoms with van der Waals surface area (Å²) >= 11 is 12.7. The van der Waals surface area contributed by atoms with Crippen LogP contribution in [0.1, 0.15) is 5.56 Å². The second-order valence-electron chi connectivity index (χ2n) is 10.8. The van der Waals surface area contributed by atoms with Gasteiger partial charge in [-0.2, -0.15) is 0 Å². The van der Waals surface area contributed by atoms with E-state index in [9.17, 15) is 0 Å². The highest BCUT2D eigenvalue weighted by Gasteiger charge is 2.45. The first-order chi connectivity index (χ1) is 21.0. The van der Waals surface area contributed by atoms with Crippen LogP contribution >= 0.6 is 23.2 Å². The van der Waals surface area contributed by atoms with E-state index in [0.717, 1.165) is 48.8 Å². The molecule has 3 aromatic carbocycles. The largest absolute Gasteiger partial charge is 0.491 e. The van der Waals surface area contributed by atoms with Crippen LogP contribution in [0.4, 0.5) is 11.5 Å². The van der Waals surface area contributed by atoms with Crippen molar-refractivity contribution in [2.75, 3.05) is 49.2 Å². The number of hydrogen-bond donors (Lipinski definition) is 0. The summed E-state index contributed by atoms with van der Waals surface area (Å²) in [7, 11) is 0. The van der Waals surface area contributed by atoms with Crippen molar-refractivity contribution in [3.05, 3.63) is 113 Å². The average Bonchev–Trinajstić information content (AvgIpc) is 3.71. The SMILES string of the molecule is Clc1ccc(C2(Cn3ccnc3)OCC(COc3ccc(N4CCN(c5ccc6ccccc6n5)CC4)cc3)O2)c(Cl)c1. The van der Waals surface area contributed by atoms with Gasteiger partial charge in [0.2, 0.25) is 5.79 Å². The van der Waals surface area contributed by atoms with Gasteiger partial charge in [-0.3, -0.25) is 0 Å². The van der Waals surface area contributed by atoms with Crippen LogP contribution in [0.5, 0.6) is 5.75 Å². The number of halogens is 2. The quantitative estimate of drug-likeness (QED) is 0.200. The van der Waals surface area contributed by atoms with E-state index >= 15 is 0 Å². The van der Waals surface area contributed by atoms with E-state index in [-0.39, 0.29) is 6.10 Å². The normalized spacial score (nSPS) is 20.6. The zero-order valence-corrected chi connectivity index (χ0v) is 25.0. The van der Waals surface area contributed by atoms with Crippen molar-refractivity contribution in [1.29, 1.82) is 0 Å². The van der Waals surface area contributed by atoms with Crippen LogP contribution < -0.4 is 14.5 Å². The van der Waals surface area contributed by atoms with Crippen molar-refractivity contribution >= 4 is 45.6 Å². The Bertz CT molecular complexity index is 1690. The lowest BCUT2D eigenvalue weighted by Crippen LogP contribution is -2.46. The number of fused-ring (bicyclic) bond motifs is 1. The highest BCUT2D eigenvalue weighted by atomic mass is 35.5. The summed E-state index contributed by atoms with van der Waals surface area (Å²) < 4.78 is 20.8. The minimum Gasteiger partial charge on any atom is -0.491 e. The van der Waals surface area contributed by atoms with Gasteiger partial charge in [-0.1, -0.05) is 47.5 Å². The molecule has 2 aromatic heterocycles. The van der Waals surface area contributed by atoms with Gasteiger partial charge in [0.1, 0.15) is 24.3 Å². The van der Waals surface area contributed by atoms with Gasteiger partial charge in [-0.15, -0.1) is 0 Å². The number of nitrogens with zero attached hydrogens (tertiary/aromatic N) is 5. The highest BCUT2D eigenvalue weighted by Crippen LogP contribution is 2.40. The molecule has 8 nitrogen and oxygen atoms in total. The number of piperazine rings is 1. The van der Waals surface area contributed by atoms with Gasteiger partial charge in [0.05, 0.1) is 30.0 Å². The van der Waals surface area contributed by atoms with E-state index in [0.29, 0.717) is 29.8 Å². The Labute approximate surface area is 260 Å². The second kappa shape index (κ2) is 12.1. The monoisotopic (exact) mass is 615 g/mol. The fraction of sp³-hybridized carbons (Fsp3) is 0.273. The second-order valence-corrected chi connectivity index (χ2v) is 11.6. The van der Waals surface area contributed by atoms with Crippen LogP contribution in [0.3, 0.4) is 0 Å². The fourth-order valence-corrected chi connectivity index (χ4v) is 6.30. The number of anilines is 2.